The number of unbranched alkanes of at least 4 members (excludes halogenated alkanes) is 9. The van der Waals surface area contributed by atoms with E-state index >= 15 is 0 Å². The summed E-state index contributed by atoms with van der Waals surface area (Å²) in [7, 11) is 0. The van der Waals surface area contributed by atoms with E-state index in [1.54, 1.807) is 0 Å². The minimum Gasteiger partial charge on any atom is -0.350 e. The summed E-state index contributed by atoms with van der Waals surface area (Å²) in [5, 5.41) is 0. The largest absolute Gasteiger partial charge is 0.350 e. The Bertz CT molecular complexity index is 234. The molecule has 0 aromatic carbocycles. The molecule has 0 aromatic heterocycles. The number of carbonyl (C=O) groups excluding carboxylic acids is 1. The van der Waals surface area contributed by atoms with Gasteiger partial charge in [-0.05, 0) is 6.42 Å². The second-order valence-electron chi connectivity index (χ2n) is 5.85. The molecule has 0 amide bonds. The molecule has 1 rings (SSSR count). The summed E-state index contributed by atoms with van der Waals surface area (Å²) in [6.45, 7) is 3.53. The van der Waals surface area contributed by atoms with Gasteiger partial charge in [-0.15, -0.1) is 0 Å². The Balaban J connectivity index is 1.78. The highest BCUT2D eigenvalue weighted by Gasteiger charge is 2.18. The van der Waals surface area contributed by atoms with Crippen LogP contribution in [0, 0.1) is 0 Å². The molecule has 0 saturated carbocycles. The van der Waals surface area contributed by atoms with Gasteiger partial charge in [0.25, 0.3) is 0 Å². The number of carbonyl (C=O) groups is 1. The molecule has 20 heavy (non-hydrogen) atoms. The van der Waals surface area contributed by atoms with E-state index in [1.165, 1.54) is 57.8 Å². The fraction of sp³-hybridized carbons (Fsp3) is 0.941. The van der Waals surface area contributed by atoms with Gasteiger partial charge in [-0.3, -0.25) is 4.79 Å². The molecule has 0 radical (unpaired) electrons. The summed E-state index contributed by atoms with van der Waals surface area (Å²) in [6.07, 6.45) is 14.0. The molecule has 1 heterocycles. The summed E-state index contributed by atoms with van der Waals surface area (Å²) in [5.74, 6) is 0.288. The number of Topliss-reactive ketones (excluding diaryl/α,β-unsaturated/α-hetero) is 1. The molecule has 0 atom stereocenters. The zero-order valence-electron chi connectivity index (χ0n) is 13.2. The van der Waals surface area contributed by atoms with E-state index in [0.29, 0.717) is 26.1 Å². The van der Waals surface area contributed by atoms with E-state index in [0.717, 1.165) is 6.42 Å². The van der Waals surface area contributed by atoms with Gasteiger partial charge in [0.1, 0.15) is 5.78 Å². The third-order valence-corrected chi connectivity index (χ3v) is 3.89. The first-order chi connectivity index (χ1) is 9.83. The fourth-order valence-electron chi connectivity index (χ4n) is 2.62. The lowest BCUT2D eigenvalue weighted by Crippen LogP contribution is -2.14. The maximum atomic E-state index is 11.7. The van der Waals surface area contributed by atoms with E-state index < -0.39 is 0 Å². The Morgan fingerprint density at radius 2 is 1.35 bits per heavy atom. The fourth-order valence-corrected chi connectivity index (χ4v) is 2.62. The van der Waals surface area contributed by atoms with Crippen LogP contribution in [0.5, 0.6) is 0 Å². The van der Waals surface area contributed by atoms with E-state index in [1.807, 2.05) is 0 Å². The normalized spacial score (nSPS) is 15.8. The average molecular weight is 284 g/mol. The third kappa shape index (κ3) is 9.49. The Labute approximate surface area is 124 Å². The molecule has 3 heteroatoms. The summed E-state index contributed by atoms with van der Waals surface area (Å²) >= 11 is 0. The SMILES string of the molecule is CCCCCCCCCCCCC(=O)CC1OCCO1. The number of ketones is 1. The molecule has 1 aliphatic rings. The highest BCUT2D eigenvalue weighted by atomic mass is 16.7. The second kappa shape index (κ2) is 12.3. The Kier molecular flexibility index (Phi) is 10.9. The van der Waals surface area contributed by atoms with Crippen LogP contribution in [-0.2, 0) is 14.3 Å². The Morgan fingerprint density at radius 1 is 0.850 bits per heavy atom. The zero-order chi connectivity index (χ0) is 14.5. The Hall–Kier alpha value is -0.410. The van der Waals surface area contributed by atoms with Crippen molar-refractivity contribution in [3.63, 3.8) is 0 Å². The monoisotopic (exact) mass is 284 g/mol. The molecule has 0 spiro atoms. The zero-order valence-corrected chi connectivity index (χ0v) is 13.2. The molecule has 1 aliphatic heterocycles. The van der Waals surface area contributed by atoms with Crippen LogP contribution in [0.2, 0.25) is 0 Å². The highest BCUT2D eigenvalue weighted by Crippen LogP contribution is 2.13. The predicted molar refractivity (Wildman–Crippen MR) is 81.8 cm³/mol. The molecule has 1 fully saturated rings. The third-order valence-electron chi connectivity index (χ3n) is 3.89. The van der Waals surface area contributed by atoms with Crippen molar-refractivity contribution in [2.75, 3.05) is 13.2 Å². The molecule has 0 N–H and O–H groups in total. The van der Waals surface area contributed by atoms with Gasteiger partial charge in [-0.1, -0.05) is 64.7 Å². The van der Waals surface area contributed by atoms with Crippen LogP contribution in [0.3, 0.4) is 0 Å². The molecule has 0 unspecified atom stereocenters. The molecular weight excluding hydrogens is 252 g/mol. The predicted octanol–water partition coefficient (Wildman–Crippen LogP) is 4.63. The van der Waals surface area contributed by atoms with Crippen LogP contribution in [0.25, 0.3) is 0 Å². The molecule has 118 valence electrons. The number of rotatable bonds is 13. The van der Waals surface area contributed by atoms with Gasteiger partial charge in [0.15, 0.2) is 6.29 Å². The molecule has 3 nitrogen and oxygen atoms in total. The average Bonchev–Trinajstić information content (AvgIpc) is 2.93. The maximum Gasteiger partial charge on any atom is 0.164 e. The quantitative estimate of drug-likeness (QED) is 0.463. The van der Waals surface area contributed by atoms with E-state index in [9.17, 15) is 4.79 Å². The van der Waals surface area contributed by atoms with Gasteiger partial charge in [-0.2, -0.15) is 0 Å². The number of ether oxygens (including phenoxy) is 2. The van der Waals surface area contributed by atoms with E-state index in [2.05, 4.69) is 6.92 Å². The first-order valence-corrected chi connectivity index (χ1v) is 8.58. The van der Waals surface area contributed by atoms with E-state index in [4.69, 9.17) is 9.47 Å². The minimum absolute atomic E-state index is 0.259. The van der Waals surface area contributed by atoms with Crippen molar-refractivity contribution in [1.29, 1.82) is 0 Å². The van der Waals surface area contributed by atoms with Crippen molar-refractivity contribution in [3.8, 4) is 0 Å². The van der Waals surface area contributed by atoms with Crippen LogP contribution < -0.4 is 0 Å². The maximum absolute atomic E-state index is 11.7. The van der Waals surface area contributed by atoms with E-state index in [-0.39, 0.29) is 12.1 Å². The van der Waals surface area contributed by atoms with Crippen molar-refractivity contribution in [1.82, 2.24) is 0 Å². The second-order valence-corrected chi connectivity index (χ2v) is 5.85. The van der Waals surface area contributed by atoms with Crippen LogP contribution in [0.1, 0.15) is 84.0 Å². The van der Waals surface area contributed by atoms with Crippen LogP contribution in [0.15, 0.2) is 0 Å². The number of hydrogen-bond acceptors (Lipinski definition) is 3. The molecule has 1 saturated heterocycles. The van der Waals surface area contributed by atoms with Gasteiger partial charge in [0, 0.05) is 6.42 Å². The minimum atomic E-state index is -0.259. The first-order valence-electron chi connectivity index (χ1n) is 8.58. The van der Waals surface area contributed by atoms with Crippen LogP contribution in [-0.4, -0.2) is 25.3 Å². The van der Waals surface area contributed by atoms with Crippen molar-refractivity contribution < 1.29 is 14.3 Å². The van der Waals surface area contributed by atoms with Gasteiger partial charge in [0.05, 0.1) is 19.6 Å². The summed E-state index contributed by atoms with van der Waals surface area (Å²) in [6, 6.07) is 0. The molecule has 0 aliphatic carbocycles. The summed E-state index contributed by atoms with van der Waals surface area (Å²) < 4.78 is 10.6. The van der Waals surface area contributed by atoms with Gasteiger partial charge < -0.3 is 9.47 Å². The summed E-state index contributed by atoms with van der Waals surface area (Å²) in [5.41, 5.74) is 0. The molecule has 0 aromatic rings. The molecule has 0 bridgehead atoms. The van der Waals surface area contributed by atoms with Crippen molar-refractivity contribution >= 4 is 5.78 Å². The standard InChI is InChI=1S/C17H32O3/c1-2-3-4-5-6-7-8-9-10-11-12-16(18)15-17-19-13-14-20-17/h17H,2-15H2,1H3. The number of hydrogen-bond donors (Lipinski definition) is 0. The van der Waals surface area contributed by atoms with Crippen molar-refractivity contribution in [2.45, 2.75) is 90.3 Å². The summed E-state index contributed by atoms with van der Waals surface area (Å²) in [4.78, 5) is 11.7. The smallest absolute Gasteiger partial charge is 0.164 e. The molecular formula is C17H32O3. The van der Waals surface area contributed by atoms with Crippen molar-refractivity contribution in [3.05, 3.63) is 0 Å². The van der Waals surface area contributed by atoms with Gasteiger partial charge >= 0.3 is 0 Å². The van der Waals surface area contributed by atoms with Gasteiger partial charge in [-0.25, -0.2) is 0 Å². The lowest BCUT2D eigenvalue weighted by Gasteiger charge is -2.07. The van der Waals surface area contributed by atoms with Crippen LogP contribution >= 0.6 is 0 Å². The van der Waals surface area contributed by atoms with Crippen molar-refractivity contribution in [2.24, 2.45) is 0 Å². The lowest BCUT2D eigenvalue weighted by atomic mass is 10.0. The van der Waals surface area contributed by atoms with Crippen LogP contribution in [0.4, 0.5) is 0 Å². The highest BCUT2D eigenvalue weighted by molar-refractivity contribution is 5.78. The first kappa shape index (κ1) is 17.6. The topological polar surface area (TPSA) is 35.5 Å². The van der Waals surface area contributed by atoms with Gasteiger partial charge in [0.2, 0.25) is 0 Å². The lowest BCUT2D eigenvalue weighted by molar-refractivity contribution is -0.127. The Morgan fingerprint density at radius 3 is 1.90 bits per heavy atom.